The topological polar surface area (TPSA) is 73.1 Å². The third-order valence-corrected chi connectivity index (χ3v) is 3.46. The minimum absolute atomic E-state index is 0.133. The Morgan fingerprint density at radius 1 is 1.18 bits per heavy atom. The van der Waals surface area contributed by atoms with Gasteiger partial charge in [-0.25, -0.2) is 15.0 Å². The van der Waals surface area contributed by atoms with E-state index in [0.29, 0.717) is 24.4 Å². The van der Waals surface area contributed by atoms with Gasteiger partial charge in [0.1, 0.15) is 23.6 Å². The van der Waals surface area contributed by atoms with Gasteiger partial charge in [-0.1, -0.05) is 30.3 Å². The molecule has 0 saturated carbocycles. The van der Waals surface area contributed by atoms with Crippen LogP contribution in [-0.2, 0) is 11.3 Å². The van der Waals surface area contributed by atoms with Crippen LogP contribution >= 0.6 is 0 Å². The monoisotopic (exact) mass is 298 g/mol. The van der Waals surface area contributed by atoms with E-state index in [1.807, 2.05) is 29.7 Å². The summed E-state index contributed by atoms with van der Waals surface area (Å²) in [4.78, 5) is 13.0. The van der Waals surface area contributed by atoms with E-state index in [-0.39, 0.29) is 6.61 Å². The van der Waals surface area contributed by atoms with Crippen LogP contribution in [0.25, 0.3) is 11.2 Å². The molecule has 1 unspecified atom stereocenters. The molecule has 22 heavy (non-hydrogen) atoms. The van der Waals surface area contributed by atoms with Crippen LogP contribution in [0.3, 0.4) is 0 Å². The molecule has 1 aromatic carbocycles. The van der Waals surface area contributed by atoms with Crippen molar-refractivity contribution in [2.75, 3.05) is 13.2 Å². The molecule has 0 saturated heterocycles. The Morgan fingerprint density at radius 2 is 2.00 bits per heavy atom. The second-order valence-electron chi connectivity index (χ2n) is 4.92. The first kappa shape index (κ1) is 14.6. The minimum Gasteiger partial charge on any atom is -0.393 e. The highest BCUT2D eigenvalue weighted by Crippen LogP contribution is 2.22. The summed E-state index contributed by atoms with van der Waals surface area (Å²) in [5.41, 5.74) is 3.21. The Kier molecular flexibility index (Phi) is 4.41. The fourth-order valence-electron chi connectivity index (χ4n) is 2.45. The number of nitrogens with zero attached hydrogens (tertiary/aromatic N) is 4. The zero-order valence-corrected chi connectivity index (χ0v) is 12.4. The van der Waals surface area contributed by atoms with Gasteiger partial charge in [0.25, 0.3) is 0 Å². The number of aliphatic hydroxyl groups excluding tert-OH is 1. The second-order valence-corrected chi connectivity index (χ2v) is 4.92. The van der Waals surface area contributed by atoms with Crippen molar-refractivity contribution in [3.63, 3.8) is 0 Å². The van der Waals surface area contributed by atoms with E-state index in [1.54, 1.807) is 6.33 Å². The zero-order chi connectivity index (χ0) is 15.4. The van der Waals surface area contributed by atoms with Gasteiger partial charge in [0.05, 0.1) is 19.5 Å². The standard InChI is InChI=1S/C16H18N4O2/c1-2-22-13(9-21)14-15-16(18-10-17-14)20(11-19-15)8-12-6-4-3-5-7-12/h3-7,10-11,13,21H,2,8-9H2,1H3. The smallest absolute Gasteiger partial charge is 0.163 e. The highest BCUT2D eigenvalue weighted by Gasteiger charge is 2.18. The normalized spacial score (nSPS) is 12.6. The maximum Gasteiger partial charge on any atom is 0.163 e. The molecule has 2 aromatic heterocycles. The van der Waals surface area contributed by atoms with Crippen LogP contribution in [0.1, 0.15) is 24.3 Å². The van der Waals surface area contributed by atoms with Gasteiger partial charge in [0.15, 0.2) is 5.65 Å². The van der Waals surface area contributed by atoms with Crippen LogP contribution < -0.4 is 0 Å². The van der Waals surface area contributed by atoms with Gasteiger partial charge in [0.2, 0.25) is 0 Å². The third kappa shape index (κ3) is 2.84. The first-order valence-electron chi connectivity index (χ1n) is 7.25. The first-order valence-corrected chi connectivity index (χ1v) is 7.25. The number of benzene rings is 1. The molecule has 0 aliphatic rings. The quantitative estimate of drug-likeness (QED) is 0.753. The maximum atomic E-state index is 9.49. The molecule has 114 valence electrons. The second kappa shape index (κ2) is 6.64. The Hall–Kier alpha value is -2.31. The van der Waals surface area contributed by atoms with Crippen molar-refractivity contribution in [2.45, 2.75) is 19.6 Å². The average Bonchev–Trinajstić information content (AvgIpc) is 2.97. The van der Waals surface area contributed by atoms with E-state index in [1.165, 1.54) is 11.9 Å². The Morgan fingerprint density at radius 3 is 2.73 bits per heavy atom. The Bertz CT molecular complexity index is 742. The highest BCUT2D eigenvalue weighted by molar-refractivity contribution is 5.73. The lowest BCUT2D eigenvalue weighted by Crippen LogP contribution is -2.12. The summed E-state index contributed by atoms with van der Waals surface area (Å²) in [7, 11) is 0. The molecule has 0 amide bonds. The average molecular weight is 298 g/mol. The predicted octanol–water partition coefficient (Wildman–Crippen LogP) is 1.94. The molecule has 0 bridgehead atoms. The lowest BCUT2D eigenvalue weighted by atomic mass is 10.2. The Labute approximate surface area is 128 Å². The molecule has 2 heterocycles. The maximum absolute atomic E-state index is 9.49. The van der Waals surface area contributed by atoms with Crippen LogP contribution in [0.5, 0.6) is 0 Å². The van der Waals surface area contributed by atoms with Gasteiger partial charge in [-0.05, 0) is 12.5 Å². The molecule has 0 spiro atoms. The minimum atomic E-state index is -0.476. The molecule has 0 fully saturated rings. The number of fused-ring (bicyclic) bond motifs is 1. The van der Waals surface area contributed by atoms with Gasteiger partial charge < -0.3 is 14.4 Å². The van der Waals surface area contributed by atoms with Crippen LogP contribution in [0.2, 0.25) is 0 Å². The molecule has 1 atom stereocenters. The SMILES string of the molecule is CCOC(CO)c1ncnc2c1ncn2Cc1ccccc1. The van der Waals surface area contributed by atoms with Crippen molar-refractivity contribution in [3.05, 3.63) is 54.2 Å². The molecule has 0 radical (unpaired) electrons. The molecule has 6 nitrogen and oxygen atoms in total. The molecule has 0 aliphatic heterocycles. The lowest BCUT2D eigenvalue weighted by molar-refractivity contribution is 0.0171. The summed E-state index contributed by atoms with van der Waals surface area (Å²) in [5, 5.41) is 9.49. The third-order valence-electron chi connectivity index (χ3n) is 3.46. The van der Waals surface area contributed by atoms with Gasteiger partial charge in [0, 0.05) is 6.61 Å². The summed E-state index contributed by atoms with van der Waals surface area (Å²) >= 11 is 0. The van der Waals surface area contributed by atoms with Crippen molar-refractivity contribution >= 4 is 11.2 Å². The van der Waals surface area contributed by atoms with Gasteiger partial charge in [-0.15, -0.1) is 0 Å². The van der Waals surface area contributed by atoms with Gasteiger partial charge in [-0.3, -0.25) is 0 Å². The van der Waals surface area contributed by atoms with E-state index in [2.05, 4.69) is 27.1 Å². The van der Waals surface area contributed by atoms with E-state index in [0.717, 1.165) is 5.65 Å². The number of aliphatic hydroxyl groups is 1. The molecular weight excluding hydrogens is 280 g/mol. The number of aromatic nitrogens is 4. The number of hydrogen-bond acceptors (Lipinski definition) is 5. The predicted molar refractivity (Wildman–Crippen MR) is 82.3 cm³/mol. The summed E-state index contributed by atoms with van der Waals surface area (Å²) in [6.07, 6.45) is 2.76. The lowest BCUT2D eigenvalue weighted by Gasteiger charge is -2.13. The molecule has 3 aromatic rings. The van der Waals surface area contributed by atoms with Gasteiger partial charge in [-0.2, -0.15) is 0 Å². The summed E-state index contributed by atoms with van der Waals surface area (Å²) in [6, 6.07) is 10.1. The largest absolute Gasteiger partial charge is 0.393 e. The van der Waals surface area contributed by atoms with E-state index in [9.17, 15) is 5.11 Å². The summed E-state index contributed by atoms with van der Waals surface area (Å²) < 4.78 is 7.49. The van der Waals surface area contributed by atoms with Crippen LogP contribution in [0.4, 0.5) is 0 Å². The fourth-order valence-corrected chi connectivity index (χ4v) is 2.45. The summed E-state index contributed by atoms with van der Waals surface area (Å²) in [6.45, 7) is 2.94. The van der Waals surface area contributed by atoms with Crippen LogP contribution in [0.15, 0.2) is 43.0 Å². The number of imidazole rings is 1. The molecule has 3 rings (SSSR count). The van der Waals surface area contributed by atoms with Crippen molar-refractivity contribution < 1.29 is 9.84 Å². The molecule has 1 N–H and O–H groups in total. The number of ether oxygens (including phenoxy) is 1. The van der Waals surface area contributed by atoms with Crippen LogP contribution in [-0.4, -0.2) is 37.8 Å². The fraction of sp³-hybridized carbons (Fsp3) is 0.312. The molecule has 0 aliphatic carbocycles. The van der Waals surface area contributed by atoms with E-state index < -0.39 is 6.10 Å². The van der Waals surface area contributed by atoms with E-state index in [4.69, 9.17) is 4.74 Å². The van der Waals surface area contributed by atoms with Crippen molar-refractivity contribution in [1.82, 2.24) is 19.5 Å². The van der Waals surface area contributed by atoms with Crippen LogP contribution in [0, 0.1) is 0 Å². The highest BCUT2D eigenvalue weighted by atomic mass is 16.5. The van der Waals surface area contributed by atoms with Gasteiger partial charge >= 0.3 is 0 Å². The summed E-state index contributed by atoms with van der Waals surface area (Å²) in [5.74, 6) is 0. The Balaban J connectivity index is 1.98. The zero-order valence-electron chi connectivity index (χ0n) is 12.4. The van der Waals surface area contributed by atoms with E-state index >= 15 is 0 Å². The van der Waals surface area contributed by atoms with Crippen molar-refractivity contribution in [2.24, 2.45) is 0 Å². The number of rotatable bonds is 6. The molecular formula is C16H18N4O2. The first-order chi connectivity index (χ1) is 10.8. The van der Waals surface area contributed by atoms with Crippen molar-refractivity contribution in [1.29, 1.82) is 0 Å². The number of hydrogen-bond donors (Lipinski definition) is 1. The van der Waals surface area contributed by atoms with Crippen molar-refractivity contribution in [3.8, 4) is 0 Å². The molecule has 6 heteroatoms.